The third kappa shape index (κ3) is 3.11. The Morgan fingerprint density at radius 2 is 2.00 bits per heavy atom. The van der Waals surface area contributed by atoms with Crippen molar-refractivity contribution in [2.45, 2.75) is 12.3 Å². The Balaban J connectivity index is 2.09. The molecule has 1 heterocycles. The molecule has 1 saturated heterocycles. The smallest absolute Gasteiger partial charge is 0.316 e. The molecule has 2 nitrogen and oxygen atoms in total. The van der Waals surface area contributed by atoms with Gasteiger partial charge in [0.25, 0.3) is 0 Å². The largest absolute Gasteiger partial charge is 0.319 e. The van der Waals surface area contributed by atoms with E-state index in [1.165, 1.54) is 0 Å². The molecule has 2 N–H and O–H groups in total. The van der Waals surface area contributed by atoms with E-state index in [-0.39, 0.29) is 0 Å². The fraction of sp³-hybridized carbons (Fsp3) is 1.00. The molecule has 1 fully saturated rings. The van der Waals surface area contributed by atoms with E-state index in [2.05, 4.69) is 10.6 Å². The molecule has 0 amide bonds. The minimum Gasteiger partial charge on any atom is -0.316 e. The lowest BCUT2D eigenvalue weighted by Crippen LogP contribution is -2.49. The van der Waals surface area contributed by atoms with Gasteiger partial charge in [-0.2, -0.15) is 8.78 Å². The molecule has 0 atom stereocenters. The normalized spacial score (nSPS) is 19.2. The van der Waals surface area contributed by atoms with Gasteiger partial charge < -0.3 is 10.6 Å². The first-order valence-electron chi connectivity index (χ1n) is 4.10. The van der Waals surface area contributed by atoms with Crippen LogP contribution in [0.4, 0.5) is 17.6 Å². The number of hydrogen-bond acceptors (Lipinski definition) is 2. The van der Waals surface area contributed by atoms with Crippen LogP contribution in [0.3, 0.4) is 0 Å². The van der Waals surface area contributed by atoms with Crippen LogP contribution in [0.5, 0.6) is 0 Å². The zero-order valence-corrected chi connectivity index (χ0v) is 6.99. The van der Waals surface area contributed by atoms with Gasteiger partial charge in [0.15, 0.2) is 0 Å². The van der Waals surface area contributed by atoms with E-state index in [9.17, 15) is 17.6 Å². The maximum Gasteiger partial charge on any atom is 0.319 e. The molecule has 0 aromatic carbocycles. The van der Waals surface area contributed by atoms with Crippen LogP contribution >= 0.6 is 0 Å². The Bertz CT molecular complexity index is 159. The van der Waals surface area contributed by atoms with Gasteiger partial charge in [0.2, 0.25) is 0 Å². The molecule has 1 rings (SSSR count). The van der Waals surface area contributed by atoms with Gasteiger partial charge in [-0.1, -0.05) is 0 Å². The molecule has 0 bridgehead atoms. The number of rotatable bonds is 5. The maximum atomic E-state index is 12.3. The summed E-state index contributed by atoms with van der Waals surface area (Å²) in [6.07, 6.45) is -3.58. The first-order chi connectivity index (χ1) is 6.02. The van der Waals surface area contributed by atoms with Crippen molar-refractivity contribution < 1.29 is 17.6 Å². The average molecular weight is 200 g/mol. The average Bonchev–Trinajstić information content (AvgIpc) is 1.94. The van der Waals surface area contributed by atoms with E-state index in [0.717, 1.165) is 13.1 Å². The van der Waals surface area contributed by atoms with E-state index in [0.29, 0.717) is 12.5 Å². The Morgan fingerprint density at radius 1 is 1.38 bits per heavy atom. The molecule has 0 aromatic heterocycles. The number of nitrogens with one attached hydrogen (secondary N) is 2. The van der Waals surface area contributed by atoms with Crippen LogP contribution in [0.1, 0.15) is 0 Å². The minimum absolute atomic E-state index is 0.300. The summed E-state index contributed by atoms with van der Waals surface area (Å²) in [5.41, 5.74) is 0. The topological polar surface area (TPSA) is 24.1 Å². The lowest BCUT2D eigenvalue weighted by molar-refractivity contribution is -0.125. The number of alkyl halides is 4. The molecule has 0 radical (unpaired) electrons. The minimum atomic E-state index is -3.91. The van der Waals surface area contributed by atoms with E-state index >= 15 is 0 Å². The van der Waals surface area contributed by atoms with Crippen LogP contribution in [-0.4, -0.2) is 38.5 Å². The zero-order chi connectivity index (χ0) is 9.90. The molecule has 0 saturated carbocycles. The molecule has 0 aliphatic carbocycles. The molecule has 0 unspecified atom stereocenters. The highest BCUT2D eigenvalue weighted by atomic mass is 19.3. The summed E-state index contributed by atoms with van der Waals surface area (Å²) < 4.78 is 47.8. The fourth-order valence-electron chi connectivity index (χ4n) is 1.01. The van der Waals surface area contributed by atoms with Crippen molar-refractivity contribution in [2.75, 3.05) is 26.2 Å². The standard InChI is InChI=1S/C7H12F4N2/c8-6(9)7(10,11)4-13-3-5-1-12-2-5/h5-6,12-13H,1-4H2. The Kier molecular flexibility index (Phi) is 3.49. The van der Waals surface area contributed by atoms with Crippen molar-refractivity contribution in [3.63, 3.8) is 0 Å². The van der Waals surface area contributed by atoms with Crippen LogP contribution in [0.2, 0.25) is 0 Å². The van der Waals surface area contributed by atoms with E-state index in [1.54, 1.807) is 0 Å². The predicted molar refractivity (Wildman–Crippen MR) is 40.2 cm³/mol. The van der Waals surface area contributed by atoms with Gasteiger partial charge in [-0.15, -0.1) is 0 Å². The second-order valence-electron chi connectivity index (χ2n) is 3.22. The van der Waals surface area contributed by atoms with Crippen molar-refractivity contribution in [3.8, 4) is 0 Å². The maximum absolute atomic E-state index is 12.3. The SMILES string of the molecule is FC(F)C(F)(F)CNCC1CNC1. The van der Waals surface area contributed by atoms with Gasteiger partial charge in [-0.05, 0) is 5.92 Å². The van der Waals surface area contributed by atoms with E-state index < -0.39 is 18.9 Å². The van der Waals surface area contributed by atoms with Crippen LogP contribution in [0, 0.1) is 5.92 Å². The molecule has 13 heavy (non-hydrogen) atoms. The van der Waals surface area contributed by atoms with Gasteiger partial charge in [0, 0.05) is 19.6 Å². The predicted octanol–water partition coefficient (Wildman–Crippen LogP) is 0.696. The second kappa shape index (κ2) is 4.23. The zero-order valence-electron chi connectivity index (χ0n) is 6.99. The highest BCUT2D eigenvalue weighted by Crippen LogP contribution is 2.21. The molecular formula is C7H12F4N2. The summed E-state index contributed by atoms with van der Waals surface area (Å²) in [6, 6.07) is 0. The monoisotopic (exact) mass is 200 g/mol. The fourth-order valence-corrected chi connectivity index (χ4v) is 1.01. The molecular weight excluding hydrogens is 188 g/mol. The molecule has 6 heteroatoms. The quantitative estimate of drug-likeness (QED) is 0.638. The van der Waals surface area contributed by atoms with Crippen molar-refractivity contribution >= 4 is 0 Å². The first kappa shape index (κ1) is 10.7. The Labute approximate surface area is 73.7 Å². The summed E-state index contributed by atoms with van der Waals surface area (Å²) >= 11 is 0. The van der Waals surface area contributed by atoms with Crippen molar-refractivity contribution in [1.82, 2.24) is 10.6 Å². The number of hydrogen-bond donors (Lipinski definition) is 2. The highest BCUT2D eigenvalue weighted by Gasteiger charge is 2.40. The summed E-state index contributed by atoms with van der Waals surface area (Å²) in [5.74, 6) is -3.61. The van der Waals surface area contributed by atoms with Gasteiger partial charge in [0.05, 0.1) is 6.54 Å². The van der Waals surface area contributed by atoms with Crippen LogP contribution in [0.25, 0.3) is 0 Å². The highest BCUT2D eigenvalue weighted by molar-refractivity contribution is 4.79. The third-order valence-electron chi connectivity index (χ3n) is 1.98. The van der Waals surface area contributed by atoms with Crippen molar-refractivity contribution in [3.05, 3.63) is 0 Å². The summed E-state index contributed by atoms with van der Waals surface area (Å²) in [7, 11) is 0. The van der Waals surface area contributed by atoms with Gasteiger partial charge in [0.1, 0.15) is 0 Å². The molecule has 78 valence electrons. The van der Waals surface area contributed by atoms with Crippen LogP contribution < -0.4 is 10.6 Å². The van der Waals surface area contributed by atoms with Gasteiger partial charge in [-0.3, -0.25) is 0 Å². The molecule has 1 aliphatic rings. The molecule has 1 aliphatic heterocycles. The Morgan fingerprint density at radius 3 is 2.38 bits per heavy atom. The second-order valence-corrected chi connectivity index (χ2v) is 3.22. The summed E-state index contributed by atoms with van der Waals surface area (Å²) in [4.78, 5) is 0. The van der Waals surface area contributed by atoms with Crippen molar-refractivity contribution in [1.29, 1.82) is 0 Å². The third-order valence-corrected chi connectivity index (χ3v) is 1.98. The van der Waals surface area contributed by atoms with Gasteiger partial charge in [-0.25, -0.2) is 8.78 Å². The summed E-state index contributed by atoms with van der Waals surface area (Å²) in [6.45, 7) is 0.969. The van der Waals surface area contributed by atoms with Gasteiger partial charge >= 0.3 is 12.3 Å². The van der Waals surface area contributed by atoms with Crippen LogP contribution in [-0.2, 0) is 0 Å². The number of halogens is 4. The van der Waals surface area contributed by atoms with E-state index in [4.69, 9.17) is 0 Å². The van der Waals surface area contributed by atoms with Crippen LogP contribution in [0.15, 0.2) is 0 Å². The van der Waals surface area contributed by atoms with E-state index in [1.807, 2.05) is 0 Å². The molecule has 0 spiro atoms. The lowest BCUT2D eigenvalue weighted by Gasteiger charge is -2.28. The Hall–Kier alpha value is -0.360. The lowest BCUT2D eigenvalue weighted by atomic mass is 10.0. The first-order valence-corrected chi connectivity index (χ1v) is 4.10. The van der Waals surface area contributed by atoms with Crippen molar-refractivity contribution in [2.24, 2.45) is 5.92 Å². The molecule has 0 aromatic rings. The summed E-state index contributed by atoms with van der Waals surface area (Å²) in [5, 5.41) is 5.29.